The number of esters is 3. The molecule has 0 rings (SSSR count). The van der Waals surface area contributed by atoms with Gasteiger partial charge in [0.25, 0.3) is 0 Å². The molecule has 82 heavy (non-hydrogen) atoms. The molecule has 6 heteroatoms. The summed E-state index contributed by atoms with van der Waals surface area (Å²) in [5.41, 5.74) is 0. The second-order valence-electron chi connectivity index (χ2n) is 24.1. The van der Waals surface area contributed by atoms with E-state index in [-0.39, 0.29) is 31.1 Å². The van der Waals surface area contributed by atoms with Crippen molar-refractivity contribution in [2.75, 3.05) is 13.2 Å². The number of carbonyl (C=O) groups excluding carboxylic acids is 3. The smallest absolute Gasteiger partial charge is 0.306 e. The van der Waals surface area contributed by atoms with Crippen molar-refractivity contribution in [1.29, 1.82) is 0 Å². The molecule has 0 radical (unpaired) electrons. The van der Waals surface area contributed by atoms with Crippen LogP contribution in [0.2, 0.25) is 0 Å². The Morgan fingerprint density at radius 2 is 0.476 bits per heavy atom. The van der Waals surface area contributed by atoms with Gasteiger partial charge in [-0.2, -0.15) is 0 Å². The van der Waals surface area contributed by atoms with Gasteiger partial charge in [-0.3, -0.25) is 14.4 Å². The van der Waals surface area contributed by atoms with E-state index in [9.17, 15) is 14.4 Å². The van der Waals surface area contributed by atoms with Crippen LogP contribution < -0.4 is 0 Å². The van der Waals surface area contributed by atoms with Gasteiger partial charge < -0.3 is 14.2 Å². The first-order valence-corrected chi connectivity index (χ1v) is 35.9. The van der Waals surface area contributed by atoms with E-state index in [0.717, 1.165) is 89.9 Å². The lowest BCUT2D eigenvalue weighted by atomic mass is 10.0. The number of allylic oxidation sites excluding steroid dienone is 12. The van der Waals surface area contributed by atoms with Crippen LogP contribution in [0, 0.1) is 0 Å². The summed E-state index contributed by atoms with van der Waals surface area (Å²) in [7, 11) is 0. The maximum Gasteiger partial charge on any atom is 0.306 e. The summed E-state index contributed by atoms with van der Waals surface area (Å²) in [6.07, 6.45) is 92.1. The van der Waals surface area contributed by atoms with Crippen molar-refractivity contribution in [1.82, 2.24) is 0 Å². The van der Waals surface area contributed by atoms with Crippen molar-refractivity contribution in [3.05, 3.63) is 72.9 Å². The largest absolute Gasteiger partial charge is 0.462 e. The SMILES string of the molecule is CC/C=C\C/C=C\C/C=C\C/C=C\CCCCCCCCCCCCCCCCC(=O)OCC(COC(=O)CCCCCCCCCCCCCCCCCC)OC(=O)CCCCCCCCCCC/C=C\C/C=C\CCCCCCC. The normalized spacial score (nSPS) is 12.5. The Morgan fingerprint density at radius 3 is 0.744 bits per heavy atom. The fraction of sp³-hybridized carbons (Fsp3) is 0.803. The van der Waals surface area contributed by atoms with Crippen LogP contribution in [0.15, 0.2) is 72.9 Å². The number of hydrogen-bond donors (Lipinski definition) is 0. The highest BCUT2D eigenvalue weighted by molar-refractivity contribution is 5.71. The number of carbonyl (C=O) groups is 3. The van der Waals surface area contributed by atoms with Crippen LogP contribution in [0.1, 0.15) is 374 Å². The summed E-state index contributed by atoms with van der Waals surface area (Å²) < 4.78 is 17.0. The van der Waals surface area contributed by atoms with E-state index in [1.807, 2.05) is 0 Å². The minimum Gasteiger partial charge on any atom is -0.462 e. The van der Waals surface area contributed by atoms with Crippen molar-refractivity contribution in [2.45, 2.75) is 380 Å². The van der Waals surface area contributed by atoms with Gasteiger partial charge in [0.2, 0.25) is 0 Å². The van der Waals surface area contributed by atoms with Crippen LogP contribution in [0.4, 0.5) is 0 Å². The molecule has 0 aliphatic heterocycles. The van der Waals surface area contributed by atoms with Crippen molar-refractivity contribution < 1.29 is 28.6 Å². The molecule has 0 fully saturated rings. The third-order valence-corrected chi connectivity index (χ3v) is 15.9. The summed E-state index contributed by atoms with van der Waals surface area (Å²) >= 11 is 0. The van der Waals surface area contributed by atoms with Gasteiger partial charge in [0.15, 0.2) is 6.10 Å². The van der Waals surface area contributed by atoms with Gasteiger partial charge in [0, 0.05) is 19.3 Å². The highest BCUT2D eigenvalue weighted by Gasteiger charge is 2.19. The lowest BCUT2D eigenvalue weighted by molar-refractivity contribution is -0.167. The molecule has 0 aromatic heterocycles. The van der Waals surface area contributed by atoms with Gasteiger partial charge in [-0.25, -0.2) is 0 Å². The summed E-state index contributed by atoms with van der Waals surface area (Å²) in [4.78, 5) is 38.5. The zero-order valence-electron chi connectivity index (χ0n) is 54.8. The molecule has 0 aliphatic carbocycles. The minimum absolute atomic E-state index is 0.0720. The van der Waals surface area contributed by atoms with E-state index in [1.54, 1.807) is 0 Å². The third kappa shape index (κ3) is 67.6. The molecule has 0 amide bonds. The topological polar surface area (TPSA) is 78.9 Å². The number of ether oxygens (including phenoxy) is 3. The number of hydrogen-bond acceptors (Lipinski definition) is 6. The first-order valence-electron chi connectivity index (χ1n) is 35.9. The van der Waals surface area contributed by atoms with E-state index in [2.05, 4.69) is 93.7 Å². The molecule has 476 valence electrons. The average Bonchev–Trinajstić information content (AvgIpc) is 3.47. The standard InChI is InChI=1S/C76H136O6/c1-4-7-10-13-16-19-22-25-28-31-33-35-36-37-38-39-40-42-43-45-48-51-54-57-60-63-66-69-75(78)81-72-73(71-80-74(77)68-65-62-59-56-53-50-47-30-27-24-21-18-15-12-9-6-3)82-76(79)70-67-64-61-58-55-52-49-46-44-41-34-32-29-26-23-20-17-14-11-8-5-2/h7,10,16,19,23,25-26,28,32-35,73H,4-6,8-9,11-15,17-18,20-22,24,27,29-31,36-72H2,1-3H3/b10-7-,19-16-,26-23-,28-25-,34-32-,35-33-. The lowest BCUT2D eigenvalue weighted by Gasteiger charge is -2.18. The molecule has 0 saturated carbocycles. The Balaban J connectivity index is 4.30. The molecular formula is C76H136O6. The van der Waals surface area contributed by atoms with Gasteiger partial charge in [-0.05, 0) is 89.9 Å². The second kappa shape index (κ2) is 70.3. The van der Waals surface area contributed by atoms with Crippen LogP contribution in [-0.4, -0.2) is 37.2 Å². The van der Waals surface area contributed by atoms with Gasteiger partial charge in [0.1, 0.15) is 13.2 Å². The Kier molecular flexibility index (Phi) is 67.6. The first-order chi connectivity index (χ1) is 40.5. The van der Waals surface area contributed by atoms with E-state index >= 15 is 0 Å². The maximum atomic E-state index is 13.0. The molecule has 0 bridgehead atoms. The molecule has 6 nitrogen and oxygen atoms in total. The molecule has 1 atom stereocenters. The van der Waals surface area contributed by atoms with Gasteiger partial charge >= 0.3 is 17.9 Å². The fourth-order valence-corrected chi connectivity index (χ4v) is 10.6. The average molecular weight is 1150 g/mol. The Bertz CT molecular complexity index is 1500. The Morgan fingerprint density at radius 1 is 0.256 bits per heavy atom. The van der Waals surface area contributed by atoms with Crippen molar-refractivity contribution in [2.24, 2.45) is 0 Å². The molecule has 0 saturated heterocycles. The fourth-order valence-electron chi connectivity index (χ4n) is 10.6. The first kappa shape index (κ1) is 78.8. The summed E-state index contributed by atoms with van der Waals surface area (Å²) in [5.74, 6) is -0.852. The summed E-state index contributed by atoms with van der Waals surface area (Å²) in [6.45, 7) is 6.58. The monoisotopic (exact) mass is 1150 g/mol. The predicted octanol–water partition coefficient (Wildman–Crippen LogP) is 24.8. The summed E-state index contributed by atoms with van der Waals surface area (Å²) in [5, 5.41) is 0. The van der Waals surface area contributed by atoms with Gasteiger partial charge in [0.05, 0.1) is 0 Å². The predicted molar refractivity (Wildman–Crippen MR) is 358 cm³/mol. The molecule has 1 unspecified atom stereocenters. The third-order valence-electron chi connectivity index (χ3n) is 15.9. The molecule has 0 aromatic rings. The lowest BCUT2D eigenvalue weighted by Crippen LogP contribution is -2.30. The van der Waals surface area contributed by atoms with Crippen LogP contribution in [0.25, 0.3) is 0 Å². The minimum atomic E-state index is -0.777. The summed E-state index contributed by atoms with van der Waals surface area (Å²) in [6, 6.07) is 0. The highest BCUT2D eigenvalue weighted by atomic mass is 16.6. The van der Waals surface area contributed by atoms with Crippen LogP contribution >= 0.6 is 0 Å². The molecular weight excluding hydrogens is 1010 g/mol. The van der Waals surface area contributed by atoms with Crippen molar-refractivity contribution >= 4 is 17.9 Å². The van der Waals surface area contributed by atoms with Gasteiger partial charge in [-0.15, -0.1) is 0 Å². The molecule has 0 aliphatic rings. The van der Waals surface area contributed by atoms with E-state index in [4.69, 9.17) is 14.2 Å². The van der Waals surface area contributed by atoms with Crippen LogP contribution in [0.3, 0.4) is 0 Å². The molecule has 0 heterocycles. The molecule has 0 N–H and O–H groups in total. The van der Waals surface area contributed by atoms with Gasteiger partial charge in [-0.1, -0.05) is 338 Å². The maximum absolute atomic E-state index is 13.0. The van der Waals surface area contributed by atoms with E-state index < -0.39 is 6.10 Å². The Hall–Kier alpha value is -3.15. The number of rotatable bonds is 66. The molecule has 0 aromatic carbocycles. The quantitative estimate of drug-likeness (QED) is 0.0261. The molecule has 0 spiro atoms. The van der Waals surface area contributed by atoms with E-state index in [0.29, 0.717) is 19.3 Å². The Labute approximate surface area is 510 Å². The van der Waals surface area contributed by atoms with E-state index in [1.165, 1.54) is 244 Å². The van der Waals surface area contributed by atoms with Crippen LogP contribution in [-0.2, 0) is 28.6 Å². The van der Waals surface area contributed by atoms with Crippen molar-refractivity contribution in [3.8, 4) is 0 Å². The zero-order valence-corrected chi connectivity index (χ0v) is 54.8. The number of unbranched alkanes of at least 4 members (excludes halogenated alkanes) is 43. The zero-order chi connectivity index (χ0) is 59.2. The van der Waals surface area contributed by atoms with Crippen LogP contribution in [0.5, 0.6) is 0 Å². The second-order valence-corrected chi connectivity index (χ2v) is 24.1. The van der Waals surface area contributed by atoms with Crippen molar-refractivity contribution in [3.63, 3.8) is 0 Å². The highest BCUT2D eigenvalue weighted by Crippen LogP contribution is 2.18.